The number of carbonyl (C=O) groups is 1. The van der Waals surface area contributed by atoms with Crippen molar-refractivity contribution >= 4 is 27.2 Å². The zero-order valence-corrected chi connectivity index (χ0v) is 18.0. The van der Waals surface area contributed by atoms with Gasteiger partial charge >= 0.3 is 0 Å². The van der Waals surface area contributed by atoms with Gasteiger partial charge in [-0.3, -0.25) is 4.79 Å². The molecule has 1 aliphatic heterocycles. The molecule has 0 aliphatic carbocycles. The minimum atomic E-state index is -3.50. The molecule has 0 radical (unpaired) electrons. The third-order valence-electron chi connectivity index (χ3n) is 4.89. The highest BCUT2D eigenvalue weighted by Gasteiger charge is 2.23. The van der Waals surface area contributed by atoms with Gasteiger partial charge in [0.25, 0.3) is 0 Å². The molecule has 1 aliphatic rings. The van der Waals surface area contributed by atoms with Gasteiger partial charge in [0.2, 0.25) is 0 Å². The number of benzene rings is 2. The Kier molecular flexibility index (Phi) is 5.73. The first-order valence-electron chi connectivity index (χ1n) is 8.98. The van der Waals surface area contributed by atoms with Crippen LogP contribution in [0.2, 0.25) is 5.02 Å². The fourth-order valence-electron chi connectivity index (χ4n) is 3.76. The van der Waals surface area contributed by atoms with E-state index < -0.39 is 9.84 Å². The Morgan fingerprint density at radius 1 is 1.04 bits per heavy atom. The summed E-state index contributed by atoms with van der Waals surface area (Å²) in [5, 5.41) is 0.337. The highest BCUT2D eigenvalue weighted by molar-refractivity contribution is 7.89. The molecule has 0 N–H and O–H groups in total. The number of carbonyl (C=O) groups excluding carboxylic acids is 1. The van der Waals surface area contributed by atoms with Crippen molar-refractivity contribution in [1.29, 1.82) is 0 Å². The van der Waals surface area contributed by atoms with E-state index in [9.17, 15) is 13.2 Å². The lowest BCUT2D eigenvalue weighted by atomic mass is 9.92. The van der Waals surface area contributed by atoms with E-state index in [0.29, 0.717) is 46.4 Å². The van der Waals surface area contributed by atoms with E-state index in [2.05, 4.69) is 0 Å². The summed E-state index contributed by atoms with van der Waals surface area (Å²) in [5.41, 5.74) is 4.28. The number of rotatable bonds is 5. The van der Waals surface area contributed by atoms with Crippen LogP contribution in [0.1, 0.15) is 45.1 Å². The predicted octanol–water partition coefficient (Wildman–Crippen LogP) is 4.35. The van der Waals surface area contributed by atoms with E-state index in [4.69, 9.17) is 21.1 Å². The number of hydrogen-bond acceptors (Lipinski definition) is 5. The number of ketones is 1. The van der Waals surface area contributed by atoms with Crippen LogP contribution in [0.3, 0.4) is 0 Å². The summed E-state index contributed by atoms with van der Waals surface area (Å²) in [5.74, 6) is 0.533. The molecule has 0 unspecified atom stereocenters. The van der Waals surface area contributed by atoms with Crippen LogP contribution >= 0.6 is 11.6 Å². The van der Waals surface area contributed by atoms with Gasteiger partial charge in [0, 0.05) is 5.56 Å². The molecule has 0 fully saturated rings. The van der Waals surface area contributed by atoms with E-state index >= 15 is 0 Å². The molecule has 0 aromatic heterocycles. The Balaban J connectivity index is 1.93. The lowest BCUT2D eigenvalue weighted by Crippen LogP contribution is -2.16. The van der Waals surface area contributed by atoms with E-state index in [0.717, 1.165) is 16.7 Å². The summed E-state index contributed by atoms with van der Waals surface area (Å²) in [4.78, 5) is 12.0. The number of halogens is 1. The molecule has 1 heterocycles. The van der Waals surface area contributed by atoms with Crippen LogP contribution in [0.5, 0.6) is 11.5 Å². The quantitative estimate of drug-likeness (QED) is 0.670. The Morgan fingerprint density at radius 2 is 1.71 bits per heavy atom. The fourth-order valence-corrected chi connectivity index (χ4v) is 5.71. The lowest BCUT2D eigenvalue weighted by molar-refractivity contribution is 0.101. The monoisotopic (exact) mass is 422 g/mol. The number of ether oxygens (including phenoxy) is 2. The van der Waals surface area contributed by atoms with Gasteiger partial charge in [0.15, 0.2) is 27.1 Å². The first-order chi connectivity index (χ1) is 13.1. The maximum atomic E-state index is 12.9. The molecule has 5 nitrogen and oxygen atoms in total. The molecule has 0 spiro atoms. The fraction of sp³-hybridized carbons (Fsp3) is 0.381. The summed E-state index contributed by atoms with van der Waals surface area (Å²) >= 11 is 6.22. The van der Waals surface area contributed by atoms with Crippen LogP contribution in [0.15, 0.2) is 18.2 Å². The third-order valence-corrected chi connectivity index (χ3v) is 6.67. The number of fused-ring (bicyclic) bond motifs is 1. The lowest BCUT2D eigenvalue weighted by Gasteiger charge is -2.20. The summed E-state index contributed by atoms with van der Waals surface area (Å²) in [6, 6.07) is 5.13. The van der Waals surface area contributed by atoms with E-state index in [1.54, 1.807) is 12.1 Å². The molecular formula is C21H23ClO5S. The van der Waals surface area contributed by atoms with Gasteiger partial charge < -0.3 is 9.47 Å². The molecule has 28 heavy (non-hydrogen) atoms. The average Bonchev–Trinajstić information content (AvgIpc) is 2.58. The molecule has 150 valence electrons. The number of aryl methyl sites for hydroxylation is 2. The third kappa shape index (κ3) is 4.18. The predicted molar refractivity (Wildman–Crippen MR) is 109 cm³/mol. The minimum absolute atomic E-state index is 0.0627. The van der Waals surface area contributed by atoms with Crippen molar-refractivity contribution in [2.75, 3.05) is 13.2 Å². The van der Waals surface area contributed by atoms with Gasteiger partial charge in [-0.25, -0.2) is 8.42 Å². The second kappa shape index (κ2) is 7.76. The number of hydrogen-bond donors (Lipinski definition) is 0. The molecule has 0 amide bonds. The first-order valence-corrected chi connectivity index (χ1v) is 11.2. The maximum Gasteiger partial charge on any atom is 0.179 e. The van der Waals surface area contributed by atoms with Gasteiger partial charge in [-0.15, -0.1) is 0 Å². The first kappa shape index (κ1) is 20.7. The summed E-state index contributed by atoms with van der Waals surface area (Å²) < 4.78 is 36.8. The van der Waals surface area contributed by atoms with Crippen molar-refractivity contribution in [2.24, 2.45) is 0 Å². The van der Waals surface area contributed by atoms with E-state index in [-0.39, 0.29) is 17.3 Å². The van der Waals surface area contributed by atoms with Crippen molar-refractivity contribution in [3.8, 4) is 11.5 Å². The maximum absolute atomic E-state index is 12.9. The Labute approximate surface area is 170 Å². The molecule has 7 heteroatoms. The molecule has 2 aromatic carbocycles. The minimum Gasteiger partial charge on any atom is -0.486 e. The number of Topliss-reactive ketones (excluding diaryl/α,β-unsaturated/α-hetero) is 1. The molecule has 0 bridgehead atoms. The van der Waals surface area contributed by atoms with Gasteiger partial charge in [-0.05, 0) is 67.6 Å². The van der Waals surface area contributed by atoms with Crippen molar-refractivity contribution < 1.29 is 22.7 Å². The average molecular weight is 423 g/mol. The van der Waals surface area contributed by atoms with Gasteiger partial charge in [-0.1, -0.05) is 17.7 Å². The zero-order chi connectivity index (χ0) is 20.6. The zero-order valence-electron chi connectivity index (χ0n) is 16.4. The van der Waals surface area contributed by atoms with Crippen LogP contribution in [-0.2, 0) is 21.3 Å². The van der Waals surface area contributed by atoms with Crippen molar-refractivity contribution in [1.82, 2.24) is 0 Å². The van der Waals surface area contributed by atoms with Gasteiger partial charge in [-0.2, -0.15) is 0 Å². The van der Waals surface area contributed by atoms with E-state index in [1.165, 1.54) is 6.92 Å². The normalized spacial score (nSPS) is 13.5. The van der Waals surface area contributed by atoms with E-state index in [1.807, 2.05) is 26.8 Å². The van der Waals surface area contributed by atoms with Crippen molar-refractivity contribution in [3.63, 3.8) is 0 Å². The topological polar surface area (TPSA) is 69.7 Å². The smallest absolute Gasteiger partial charge is 0.179 e. The molecule has 3 rings (SSSR count). The molecule has 0 atom stereocenters. The largest absolute Gasteiger partial charge is 0.486 e. The Morgan fingerprint density at radius 3 is 2.39 bits per heavy atom. The summed E-state index contributed by atoms with van der Waals surface area (Å²) in [6.07, 6.45) is 0. The number of sulfone groups is 1. The van der Waals surface area contributed by atoms with Crippen molar-refractivity contribution in [3.05, 3.63) is 56.6 Å². The van der Waals surface area contributed by atoms with Gasteiger partial charge in [0.1, 0.15) is 13.2 Å². The SMILES string of the molecule is CC(=O)c1c(C)cc(C)c(CS(=O)(=O)Cc2cc(Cl)c3c(c2)OCCO3)c1C. The standard InChI is InChI=1S/C21H23ClO5S/c1-12-7-13(2)20(15(4)23)14(3)17(12)11-28(24,25)10-16-8-18(22)21-19(9-16)26-5-6-27-21/h7-9H,5-6,10-11H2,1-4H3. The Hall–Kier alpha value is -2.05. The second-order valence-electron chi connectivity index (χ2n) is 7.18. The second-order valence-corrected chi connectivity index (χ2v) is 9.65. The highest BCUT2D eigenvalue weighted by Crippen LogP contribution is 2.39. The molecular weight excluding hydrogens is 400 g/mol. The molecule has 0 saturated carbocycles. The molecule has 2 aromatic rings. The van der Waals surface area contributed by atoms with Crippen LogP contribution in [-0.4, -0.2) is 27.4 Å². The highest BCUT2D eigenvalue weighted by atomic mass is 35.5. The van der Waals surface area contributed by atoms with Crippen molar-refractivity contribution in [2.45, 2.75) is 39.2 Å². The molecule has 0 saturated heterocycles. The van der Waals surface area contributed by atoms with Gasteiger partial charge in [0.05, 0.1) is 16.5 Å². The van der Waals surface area contributed by atoms with Crippen LogP contribution < -0.4 is 9.47 Å². The van der Waals surface area contributed by atoms with Crippen LogP contribution in [0, 0.1) is 20.8 Å². The Bertz CT molecular complexity index is 1060. The summed E-state index contributed by atoms with van der Waals surface area (Å²) in [6.45, 7) is 7.86. The van der Waals surface area contributed by atoms with Crippen LogP contribution in [0.4, 0.5) is 0 Å². The summed E-state index contributed by atoms with van der Waals surface area (Å²) in [7, 11) is -3.50. The van der Waals surface area contributed by atoms with Crippen LogP contribution in [0.25, 0.3) is 0 Å².